The fraction of sp³-hybridized carbons (Fsp3) is 0.0714. The van der Waals surface area contributed by atoms with Gasteiger partial charge in [-0.1, -0.05) is 29.3 Å². The molecule has 1 N–H and O–H groups in total. The fourth-order valence-electron chi connectivity index (χ4n) is 1.68. The van der Waals surface area contributed by atoms with E-state index < -0.39 is 10.0 Å². The standard InChI is InChI=1S/C14H10Cl2N2O2S/c1-9-2-3-10(8-17)6-13(9)18-21(19,20)14-7-11(15)4-5-12(14)16/h2-7,18H,1H3. The first-order valence-electron chi connectivity index (χ1n) is 5.82. The molecule has 0 amide bonds. The van der Waals surface area contributed by atoms with Crippen LogP contribution in [0.4, 0.5) is 5.69 Å². The van der Waals surface area contributed by atoms with Gasteiger partial charge in [-0.25, -0.2) is 8.42 Å². The van der Waals surface area contributed by atoms with Gasteiger partial charge < -0.3 is 0 Å². The molecule has 0 saturated carbocycles. The number of hydrogen-bond acceptors (Lipinski definition) is 3. The molecule has 0 unspecified atom stereocenters. The number of halogens is 2. The molecule has 0 aliphatic heterocycles. The molecule has 108 valence electrons. The van der Waals surface area contributed by atoms with E-state index in [0.29, 0.717) is 16.8 Å². The van der Waals surface area contributed by atoms with Crippen molar-refractivity contribution in [3.8, 4) is 6.07 Å². The lowest BCUT2D eigenvalue weighted by Crippen LogP contribution is -2.14. The maximum atomic E-state index is 12.4. The van der Waals surface area contributed by atoms with Crippen molar-refractivity contribution < 1.29 is 8.42 Å². The topological polar surface area (TPSA) is 70.0 Å². The zero-order valence-corrected chi connectivity index (χ0v) is 13.2. The van der Waals surface area contributed by atoms with Gasteiger partial charge in [-0.3, -0.25) is 4.72 Å². The lowest BCUT2D eigenvalue weighted by Gasteiger charge is -2.12. The maximum absolute atomic E-state index is 12.4. The highest BCUT2D eigenvalue weighted by molar-refractivity contribution is 7.92. The summed E-state index contributed by atoms with van der Waals surface area (Å²) in [6, 6.07) is 10.9. The lowest BCUT2D eigenvalue weighted by atomic mass is 10.1. The zero-order chi connectivity index (χ0) is 15.6. The maximum Gasteiger partial charge on any atom is 0.263 e. The summed E-state index contributed by atoms with van der Waals surface area (Å²) < 4.78 is 27.2. The van der Waals surface area contributed by atoms with E-state index in [-0.39, 0.29) is 14.9 Å². The summed E-state index contributed by atoms with van der Waals surface area (Å²) in [6.07, 6.45) is 0. The minimum absolute atomic E-state index is 0.0704. The third kappa shape index (κ3) is 3.48. The number of anilines is 1. The van der Waals surface area contributed by atoms with Crippen LogP contribution in [0.2, 0.25) is 10.0 Å². The van der Waals surface area contributed by atoms with Crippen LogP contribution < -0.4 is 4.72 Å². The molecule has 2 aromatic rings. The van der Waals surface area contributed by atoms with Gasteiger partial charge in [0, 0.05) is 5.02 Å². The fourth-order valence-corrected chi connectivity index (χ4v) is 3.57. The Labute approximate surface area is 133 Å². The molecule has 0 aliphatic carbocycles. The molecular weight excluding hydrogens is 331 g/mol. The smallest absolute Gasteiger partial charge is 0.263 e. The number of benzene rings is 2. The molecule has 0 spiro atoms. The number of sulfonamides is 1. The molecule has 0 atom stereocenters. The van der Waals surface area contributed by atoms with E-state index in [0.717, 1.165) is 0 Å². The molecule has 0 heterocycles. The van der Waals surface area contributed by atoms with Crippen LogP contribution in [0.3, 0.4) is 0 Å². The minimum Gasteiger partial charge on any atom is -0.279 e. The third-order valence-corrected chi connectivity index (χ3v) is 4.88. The van der Waals surface area contributed by atoms with Crippen LogP contribution in [-0.2, 0) is 10.0 Å². The molecule has 0 saturated heterocycles. The summed E-state index contributed by atoms with van der Waals surface area (Å²) in [5.41, 5.74) is 1.37. The predicted octanol–water partition coefficient (Wildman–Crippen LogP) is 3.97. The highest BCUT2D eigenvalue weighted by Gasteiger charge is 2.19. The van der Waals surface area contributed by atoms with Crippen molar-refractivity contribution in [2.45, 2.75) is 11.8 Å². The molecule has 2 rings (SSSR count). The van der Waals surface area contributed by atoms with Crippen LogP contribution in [0.15, 0.2) is 41.3 Å². The SMILES string of the molecule is Cc1ccc(C#N)cc1NS(=O)(=O)c1cc(Cl)ccc1Cl. The average molecular weight is 341 g/mol. The number of nitrogens with zero attached hydrogens (tertiary/aromatic N) is 1. The van der Waals surface area contributed by atoms with Crippen LogP contribution >= 0.6 is 23.2 Å². The van der Waals surface area contributed by atoms with Gasteiger partial charge in [-0.05, 0) is 42.8 Å². The predicted molar refractivity (Wildman–Crippen MR) is 83.2 cm³/mol. The van der Waals surface area contributed by atoms with E-state index >= 15 is 0 Å². The largest absolute Gasteiger partial charge is 0.279 e. The van der Waals surface area contributed by atoms with Crippen LogP contribution in [0.5, 0.6) is 0 Å². The van der Waals surface area contributed by atoms with E-state index in [1.54, 1.807) is 19.1 Å². The van der Waals surface area contributed by atoms with Gasteiger partial charge in [0.1, 0.15) is 4.90 Å². The van der Waals surface area contributed by atoms with Crippen molar-refractivity contribution in [3.63, 3.8) is 0 Å². The van der Waals surface area contributed by atoms with E-state index in [2.05, 4.69) is 4.72 Å². The van der Waals surface area contributed by atoms with Crippen LogP contribution in [0.1, 0.15) is 11.1 Å². The summed E-state index contributed by atoms with van der Waals surface area (Å²) >= 11 is 11.7. The lowest BCUT2D eigenvalue weighted by molar-refractivity contribution is 0.601. The minimum atomic E-state index is -3.89. The van der Waals surface area contributed by atoms with Gasteiger partial charge in [-0.15, -0.1) is 0 Å². The molecule has 4 nitrogen and oxygen atoms in total. The number of aryl methyl sites for hydroxylation is 1. The Balaban J connectivity index is 2.47. The normalized spacial score (nSPS) is 11.0. The summed E-state index contributed by atoms with van der Waals surface area (Å²) in [7, 11) is -3.89. The van der Waals surface area contributed by atoms with Gasteiger partial charge in [0.25, 0.3) is 10.0 Å². The van der Waals surface area contributed by atoms with E-state index in [9.17, 15) is 8.42 Å². The summed E-state index contributed by atoms with van der Waals surface area (Å²) in [5.74, 6) is 0. The molecular formula is C14H10Cl2N2O2S. The highest BCUT2D eigenvalue weighted by atomic mass is 35.5. The zero-order valence-electron chi connectivity index (χ0n) is 10.9. The van der Waals surface area contributed by atoms with Crippen LogP contribution in [0, 0.1) is 18.3 Å². The second-order valence-electron chi connectivity index (χ2n) is 4.32. The Morgan fingerprint density at radius 1 is 1.14 bits per heavy atom. The summed E-state index contributed by atoms with van der Waals surface area (Å²) in [4.78, 5) is -0.113. The average Bonchev–Trinajstić information content (AvgIpc) is 2.43. The van der Waals surface area contributed by atoms with Gasteiger partial charge >= 0.3 is 0 Å². The summed E-state index contributed by atoms with van der Waals surface area (Å²) in [5, 5.41) is 9.22. The Morgan fingerprint density at radius 2 is 1.86 bits per heavy atom. The molecule has 0 fully saturated rings. The molecule has 0 radical (unpaired) electrons. The van der Waals surface area contributed by atoms with Gasteiger partial charge in [0.15, 0.2) is 0 Å². The number of hydrogen-bond donors (Lipinski definition) is 1. The molecule has 7 heteroatoms. The van der Waals surface area contributed by atoms with Gasteiger partial charge in [0.2, 0.25) is 0 Å². The van der Waals surface area contributed by atoms with E-state index in [4.69, 9.17) is 28.5 Å². The molecule has 2 aromatic carbocycles. The Morgan fingerprint density at radius 3 is 2.52 bits per heavy atom. The Bertz CT molecular complexity index is 843. The van der Waals surface area contributed by atoms with Gasteiger partial charge in [0.05, 0.1) is 22.3 Å². The van der Waals surface area contributed by atoms with E-state index in [1.807, 2.05) is 6.07 Å². The van der Waals surface area contributed by atoms with Crippen molar-refractivity contribution in [2.75, 3.05) is 4.72 Å². The Kier molecular flexibility index (Phi) is 4.43. The van der Waals surface area contributed by atoms with Crippen molar-refractivity contribution in [1.29, 1.82) is 5.26 Å². The first-order valence-corrected chi connectivity index (χ1v) is 8.06. The van der Waals surface area contributed by atoms with E-state index in [1.165, 1.54) is 24.3 Å². The number of nitrogens with one attached hydrogen (secondary N) is 1. The molecule has 0 bridgehead atoms. The quantitative estimate of drug-likeness (QED) is 0.918. The van der Waals surface area contributed by atoms with Crippen molar-refractivity contribution in [1.82, 2.24) is 0 Å². The van der Waals surface area contributed by atoms with Crippen LogP contribution in [0.25, 0.3) is 0 Å². The first kappa shape index (κ1) is 15.6. The third-order valence-electron chi connectivity index (χ3n) is 2.79. The van der Waals surface area contributed by atoms with Crippen LogP contribution in [-0.4, -0.2) is 8.42 Å². The molecule has 0 aliphatic rings. The Hall–Kier alpha value is -1.74. The van der Waals surface area contributed by atoms with Crippen molar-refractivity contribution in [3.05, 3.63) is 57.6 Å². The molecule has 21 heavy (non-hydrogen) atoms. The number of rotatable bonds is 3. The van der Waals surface area contributed by atoms with Gasteiger partial charge in [-0.2, -0.15) is 5.26 Å². The van der Waals surface area contributed by atoms with Crippen molar-refractivity contribution >= 4 is 38.9 Å². The molecule has 0 aromatic heterocycles. The monoisotopic (exact) mass is 340 g/mol. The first-order chi connectivity index (χ1) is 9.83. The van der Waals surface area contributed by atoms with Crippen molar-refractivity contribution in [2.24, 2.45) is 0 Å². The second kappa shape index (κ2) is 5.94. The second-order valence-corrected chi connectivity index (χ2v) is 6.82. The number of nitriles is 1. The summed E-state index contributed by atoms with van der Waals surface area (Å²) in [6.45, 7) is 1.73. The highest BCUT2D eigenvalue weighted by Crippen LogP contribution is 2.28.